The van der Waals surface area contributed by atoms with Gasteiger partial charge in [-0.1, -0.05) is 154 Å². The second-order valence-electron chi connectivity index (χ2n) is 24.3. The molecule has 8 unspecified atom stereocenters. The first-order chi connectivity index (χ1) is 46.5. The van der Waals surface area contributed by atoms with Crippen molar-refractivity contribution in [3.05, 3.63) is 194 Å². The minimum absolute atomic E-state index is 0.0206. The van der Waals surface area contributed by atoms with Gasteiger partial charge in [0.05, 0.1) is 64.9 Å². The number of nitrogens with zero attached hydrogens (tertiary/aromatic N) is 6. The van der Waals surface area contributed by atoms with Crippen LogP contribution >= 0.6 is 11.8 Å². The Balaban J connectivity index is 0.000000217. The second kappa shape index (κ2) is 37.4. The number of azide groups is 2. The Labute approximate surface area is 568 Å². The van der Waals surface area contributed by atoms with E-state index in [-0.39, 0.29) is 68.1 Å². The molecule has 520 valence electrons. The van der Waals surface area contributed by atoms with E-state index >= 15 is 0 Å². The largest absolute Gasteiger partial charge is 0.463 e. The van der Waals surface area contributed by atoms with Crippen LogP contribution in [0.2, 0.25) is 0 Å². The minimum Gasteiger partial charge on any atom is -0.463 e. The van der Waals surface area contributed by atoms with E-state index in [0.717, 1.165) is 4.90 Å². The first-order valence-electron chi connectivity index (χ1n) is 32.1. The Bertz CT molecular complexity index is 3440. The van der Waals surface area contributed by atoms with Gasteiger partial charge in [0.25, 0.3) is 0 Å². The SMILES string of the molecule is CC(=O)OCC1O[C@@H](O[C@@H]2C(COC(=O)c3ccccc3)O[C@H](C)[C@@H](N=[N+]=[N-])C2C)[C@@H](OC(=O)c2ccccc2)C(C)[C@@H]1C.CC(=O)OCC1O[C@H](Sc2ccc(C)cc2)[C@@H](OC(=O)c2ccccc2)C(C)[C@@H]1C.CO[C@H]1OC(COC(=O)c2ccccc2)[C@@H](O)C(C)[C@@H]1N=[N+]=[N-]. The number of rotatable bonds is 21. The molecule has 0 spiro atoms. The van der Waals surface area contributed by atoms with Crippen molar-refractivity contribution in [3.8, 4) is 0 Å². The number of benzene rings is 5. The van der Waals surface area contributed by atoms with Crippen LogP contribution in [-0.2, 0) is 66.4 Å². The van der Waals surface area contributed by atoms with Crippen LogP contribution in [0, 0.1) is 42.4 Å². The van der Waals surface area contributed by atoms with E-state index in [4.69, 9.17) is 62.4 Å². The molecule has 4 aliphatic rings. The van der Waals surface area contributed by atoms with E-state index < -0.39 is 115 Å². The lowest BCUT2D eigenvalue weighted by Crippen LogP contribution is -2.59. The Morgan fingerprint density at radius 1 is 0.464 bits per heavy atom. The first kappa shape index (κ1) is 76.0. The highest BCUT2D eigenvalue weighted by atomic mass is 32.2. The Hall–Kier alpha value is -8.39. The summed E-state index contributed by atoms with van der Waals surface area (Å²) in [6.07, 6.45) is -7.82. The van der Waals surface area contributed by atoms with Crippen molar-refractivity contribution in [1.29, 1.82) is 0 Å². The van der Waals surface area contributed by atoms with Crippen molar-refractivity contribution in [2.45, 2.75) is 159 Å². The Morgan fingerprint density at radius 2 is 0.876 bits per heavy atom. The highest BCUT2D eigenvalue weighted by molar-refractivity contribution is 7.99. The van der Waals surface area contributed by atoms with Crippen LogP contribution in [0.15, 0.2) is 161 Å². The van der Waals surface area contributed by atoms with Crippen LogP contribution in [0.4, 0.5) is 0 Å². The molecule has 9 rings (SSSR count). The van der Waals surface area contributed by atoms with Crippen molar-refractivity contribution < 1.29 is 90.7 Å². The van der Waals surface area contributed by atoms with Gasteiger partial charge in [-0.05, 0) is 109 Å². The predicted octanol–water partition coefficient (Wildman–Crippen LogP) is 11.9. The maximum absolute atomic E-state index is 13.2. The molecule has 0 radical (unpaired) electrons. The van der Waals surface area contributed by atoms with Crippen LogP contribution in [0.3, 0.4) is 0 Å². The third-order valence-electron chi connectivity index (χ3n) is 17.7. The Kier molecular flexibility index (Phi) is 29.3. The summed E-state index contributed by atoms with van der Waals surface area (Å²) in [6, 6.07) is 41.5. The molecule has 4 saturated heterocycles. The standard InChI is InChI=1S/C32H39N3O9.C24H28O5S.C15H19N3O5/c1-18-19(2)29(43-31(38)24-14-10-7-11-15-24)32(42-25(18)16-39-22(5)36)44-28-20(3)27(34-35-33)21(4)41-26(28)17-40-30(37)23-12-8-6-9-13-23;1-15-10-12-20(13-11-15)30-24-22(29-23(26)19-8-6-5-7-9-19)17(3)16(2)21(28-24)14-27-18(4)25;1-9-12(17-18-16)15(21-2)23-11(13(9)19)8-22-14(20)10-6-4-3-5-7-10/h6-15,18-21,25-29,32H,16-17H2,1-5H3;5-13,16-17,21-22,24H,14H2,1-4H3;3-7,9,11-13,15,19H,8H2,1-2H3/t18-,19?,20?,21+,25?,26?,27-,28-,29-,32-;16-,17?,21?,22-,24+;9?,11?,12-,13-,15-/m000/s1. The molecule has 0 amide bonds. The van der Waals surface area contributed by atoms with Gasteiger partial charge in [-0.15, -0.1) is 0 Å². The topological polar surface area (TPSA) is 331 Å². The fraction of sp³-hybridized carbons (Fsp3) is 0.493. The Morgan fingerprint density at radius 3 is 1.34 bits per heavy atom. The molecule has 0 saturated carbocycles. The van der Waals surface area contributed by atoms with Gasteiger partial charge in [-0.25, -0.2) is 19.2 Å². The number of aliphatic hydroxyl groups is 1. The lowest BCUT2D eigenvalue weighted by atomic mass is 9.83. The molecule has 0 aliphatic carbocycles. The number of methoxy groups -OCH3 is 1. The van der Waals surface area contributed by atoms with Gasteiger partial charge >= 0.3 is 35.8 Å². The molecular weight excluding hydrogens is 1270 g/mol. The van der Waals surface area contributed by atoms with Gasteiger partial charge in [0.2, 0.25) is 0 Å². The lowest BCUT2D eigenvalue weighted by Gasteiger charge is -2.48. The number of carbonyl (C=O) groups is 6. The van der Waals surface area contributed by atoms with Gasteiger partial charge in [-0.3, -0.25) is 9.59 Å². The number of esters is 6. The molecule has 0 bridgehead atoms. The van der Waals surface area contributed by atoms with Gasteiger partial charge in [0.1, 0.15) is 50.2 Å². The third kappa shape index (κ3) is 21.3. The highest BCUT2D eigenvalue weighted by Crippen LogP contribution is 2.42. The average molecular weight is 1360 g/mol. The summed E-state index contributed by atoms with van der Waals surface area (Å²) in [5.74, 6) is -3.92. The van der Waals surface area contributed by atoms with Crippen molar-refractivity contribution in [3.63, 3.8) is 0 Å². The highest BCUT2D eigenvalue weighted by Gasteiger charge is 2.51. The summed E-state index contributed by atoms with van der Waals surface area (Å²) >= 11 is 1.52. The molecular formula is C71H86N6O19S. The van der Waals surface area contributed by atoms with Crippen LogP contribution in [0.5, 0.6) is 0 Å². The molecule has 26 heteroatoms. The first-order valence-corrected chi connectivity index (χ1v) is 32.9. The molecule has 20 atom stereocenters. The molecule has 97 heavy (non-hydrogen) atoms. The van der Waals surface area contributed by atoms with Crippen LogP contribution in [0.1, 0.15) is 109 Å². The van der Waals surface area contributed by atoms with Crippen LogP contribution < -0.4 is 0 Å². The number of aryl methyl sites for hydroxylation is 1. The molecule has 4 heterocycles. The van der Waals surface area contributed by atoms with Gasteiger partial charge < -0.3 is 61.9 Å². The van der Waals surface area contributed by atoms with E-state index in [1.54, 1.807) is 117 Å². The quantitative estimate of drug-likeness (QED) is 0.0234. The van der Waals surface area contributed by atoms with E-state index in [1.165, 1.54) is 38.3 Å². The van der Waals surface area contributed by atoms with Crippen molar-refractivity contribution in [2.75, 3.05) is 33.5 Å². The van der Waals surface area contributed by atoms with Crippen LogP contribution in [-0.4, -0.2) is 159 Å². The zero-order valence-corrected chi connectivity index (χ0v) is 56.9. The van der Waals surface area contributed by atoms with E-state index in [1.807, 2.05) is 77.1 Å². The summed E-state index contributed by atoms with van der Waals surface area (Å²) in [7, 11) is 1.42. The molecule has 1 N–H and O–H groups in total. The summed E-state index contributed by atoms with van der Waals surface area (Å²) in [6.45, 7) is 17.9. The zero-order chi connectivity index (χ0) is 70.3. The number of carbonyl (C=O) groups excluding carboxylic acids is 6. The monoisotopic (exact) mass is 1360 g/mol. The number of aliphatic hydroxyl groups excluding tert-OH is 1. The average Bonchev–Trinajstić information content (AvgIpc) is 0.792. The maximum Gasteiger partial charge on any atom is 0.338 e. The molecule has 25 nitrogen and oxygen atoms in total. The summed E-state index contributed by atoms with van der Waals surface area (Å²) < 4.78 is 69.4. The smallest absolute Gasteiger partial charge is 0.338 e. The molecule has 0 aromatic heterocycles. The number of ether oxygens (including phenoxy) is 12. The molecule has 4 aliphatic heterocycles. The predicted molar refractivity (Wildman–Crippen MR) is 354 cm³/mol. The van der Waals surface area contributed by atoms with Crippen molar-refractivity contribution >= 4 is 47.6 Å². The summed E-state index contributed by atoms with van der Waals surface area (Å²) in [5.41, 5.74) is 20.3. The number of hydrogen-bond donors (Lipinski definition) is 1. The molecule has 4 fully saturated rings. The fourth-order valence-electron chi connectivity index (χ4n) is 11.6. The molecule has 5 aromatic carbocycles. The number of thioether (sulfide) groups is 1. The van der Waals surface area contributed by atoms with E-state index in [2.05, 4.69) is 27.0 Å². The lowest BCUT2D eigenvalue weighted by molar-refractivity contribution is -0.313. The summed E-state index contributed by atoms with van der Waals surface area (Å²) in [5, 5.41) is 17.8. The van der Waals surface area contributed by atoms with Gasteiger partial charge in [0.15, 0.2) is 18.7 Å². The minimum atomic E-state index is -1.11. The van der Waals surface area contributed by atoms with Crippen LogP contribution in [0.25, 0.3) is 20.9 Å². The second-order valence-corrected chi connectivity index (χ2v) is 25.5. The van der Waals surface area contributed by atoms with E-state index in [9.17, 15) is 39.4 Å². The zero-order valence-electron chi connectivity index (χ0n) is 56.1. The van der Waals surface area contributed by atoms with Crippen molar-refractivity contribution in [1.82, 2.24) is 0 Å². The fourth-order valence-corrected chi connectivity index (χ4v) is 12.8. The normalized spacial score (nSPS) is 29.6. The maximum atomic E-state index is 13.2. The third-order valence-corrected chi connectivity index (χ3v) is 18.9. The van der Waals surface area contributed by atoms with Gasteiger partial charge in [-0.2, -0.15) is 0 Å². The van der Waals surface area contributed by atoms with E-state index in [0.29, 0.717) is 22.3 Å². The number of hydrogen-bond acceptors (Lipinski definition) is 22. The summed E-state index contributed by atoms with van der Waals surface area (Å²) in [4.78, 5) is 80.3. The van der Waals surface area contributed by atoms with Gasteiger partial charge in [0, 0.05) is 47.5 Å². The molecule has 5 aromatic rings. The van der Waals surface area contributed by atoms with Crippen molar-refractivity contribution in [2.24, 2.45) is 45.7 Å².